The Bertz CT molecular complexity index is 1140. The van der Waals surface area contributed by atoms with E-state index in [9.17, 15) is 14.0 Å². The van der Waals surface area contributed by atoms with Gasteiger partial charge in [0.05, 0.1) is 18.5 Å². The number of thiazole rings is 1. The SMILES string of the molecule is COc1ccc(C)cc1CCNC(=O)/C=C/c1csc(N(C(C)=O)c2ccccc2F)n1. The summed E-state index contributed by atoms with van der Waals surface area (Å²) in [6.45, 7) is 3.81. The maximum Gasteiger partial charge on any atom is 0.244 e. The molecule has 0 aliphatic carbocycles. The quantitative estimate of drug-likeness (QED) is 0.504. The molecule has 1 N–H and O–H groups in total. The summed E-state index contributed by atoms with van der Waals surface area (Å²) in [4.78, 5) is 29.9. The molecular formula is C24H24FN3O3S. The molecule has 0 radical (unpaired) electrons. The Kier molecular flexibility index (Phi) is 7.72. The van der Waals surface area contributed by atoms with E-state index in [1.165, 1.54) is 41.4 Å². The summed E-state index contributed by atoms with van der Waals surface area (Å²) in [5.41, 5.74) is 2.79. The molecule has 32 heavy (non-hydrogen) atoms. The summed E-state index contributed by atoms with van der Waals surface area (Å²) in [5.74, 6) is -0.340. The van der Waals surface area contributed by atoms with E-state index in [2.05, 4.69) is 10.3 Å². The lowest BCUT2D eigenvalue weighted by molar-refractivity contribution is -0.117. The van der Waals surface area contributed by atoms with Gasteiger partial charge in [0, 0.05) is 24.9 Å². The van der Waals surface area contributed by atoms with Crippen LogP contribution in [0.5, 0.6) is 5.75 Å². The number of carbonyl (C=O) groups is 2. The average molecular weight is 454 g/mol. The number of halogens is 1. The number of methoxy groups -OCH3 is 1. The summed E-state index contributed by atoms with van der Waals surface area (Å²) < 4.78 is 19.5. The van der Waals surface area contributed by atoms with Gasteiger partial charge in [0.1, 0.15) is 11.6 Å². The third kappa shape index (κ3) is 5.79. The summed E-state index contributed by atoms with van der Waals surface area (Å²) in [6.07, 6.45) is 3.58. The van der Waals surface area contributed by atoms with Crippen LogP contribution in [0.2, 0.25) is 0 Å². The van der Waals surface area contributed by atoms with E-state index in [1.807, 2.05) is 25.1 Å². The number of rotatable bonds is 8. The number of benzene rings is 2. The minimum atomic E-state index is -0.514. The van der Waals surface area contributed by atoms with Crippen molar-refractivity contribution in [2.24, 2.45) is 0 Å². The lowest BCUT2D eigenvalue weighted by atomic mass is 10.1. The molecule has 0 atom stereocenters. The number of hydrogen-bond donors (Lipinski definition) is 1. The molecule has 3 rings (SSSR count). The first-order valence-electron chi connectivity index (χ1n) is 9.99. The monoisotopic (exact) mass is 453 g/mol. The van der Waals surface area contributed by atoms with Gasteiger partial charge in [0.2, 0.25) is 11.8 Å². The second kappa shape index (κ2) is 10.7. The molecule has 6 nitrogen and oxygen atoms in total. The minimum Gasteiger partial charge on any atom is -0.496 e. The molecule has 0 unspecified atom stereocenters. The standard InChI is InChI=1S/C24H24FN3O3S/c1-16-8-10-22(31-3)18(14-16)12-13-26-23(30)11-9-19-15-32-24(27-19)28(17(2)29)21-7-5-4-6-20(21)25/h4-11,14-15H,12-13H2,1-3H3,(H,26,30)/b11-9+. The van der Waals surface area contributed by atoms with Crippen LogP contribution in [0, 0.1) is 12.7 Å². The second-order valence-electron chi connectivity index (χ2n) is 7.05. The Morgan fingerprint density at radius 3 is 2.75 bits per heavy atom. The molecule has 1 heterocycles. The van der Waals surface area contributed by atoms with Crippen LogP contribution in [0.3, 0.4) is 0 Å². The van der Waals surface area contributed by atoms with Gasteiger partial charge in [-0.15, -0.1) is 11.3 Å². The molecule has 0 aliphatic heterocycles. The average Bonchev–Trinajstić information content (AvgIpc) is 3.22. The number of aryl methyl sites for hydroxylation is 1. The third-order valence-electron chi connectivity index (χ3n) is 4.64. The molecular weight excluding hydrogens is 429 g/mol. The number of nitrogens with one attached hydrogen (secondary N) is 1. The van der Waals surface area contributed by atoms with E-state index in [4.69, 9.17) is 4.74 Å². The highest BCUT2D eigenvalue weighted by molar-refractivity contribution is 7.14. The number of carbonyl (C=O) groups excluding carboxylic acids is 2. The highest BCUT2D eigenvalue weighted by atomic mass is 32.1. The molecule has 0 fully saturated rings. The van der Waals surface area contributed by atoms with Crippen molar-refractivity contribution in [2.75, 3.05) is 18.6 Å². The van der Waals surface area contributed by atoms with Crippen molar-refractivity contribution in [3.8, 4) is 5.75 Å². The summed E-state index contributed by atoms with van der Waals surface area (Å²) in [5, 5.41) is 4.86. The van der Waals surface area contributed by atoms with Gasteiger partial charge in [0.15, 0.2) is 5.13 Å². The fourth-order valence-corrected chi connectivity index (χ4v) is 3.99. The van der Waals surface area contributed by atoms with Crippen LogP contribution in [0.25, 0.3) is 6.08 Å². The zero-order chi connectivity index (χ0) is 23.1. The van der Waals surface area contributed by atoms with Crippen molar-refractivity contribution in [1.82, 2.24) is 10.3 Å². The van der Waals surface area contributed by atoms with Gasteiger partial charge in [-0.1, -0.05) is 29.8 Å². The van der Waals surface area contributed by atoms with Crippen LogP contribution in [-0.2, 0) is 16.0 Å². The Hall–Kier alpha value is -3.52. The van der Waals surface area contributed by atoms with E-state index < -0.39 is 5.82 Å². The number of hydrogen-bond acceptors (Lipinski definition) is 5. The van der Waals surface area contributed by atoms with Crippen molar-refractivity contribution in [3.63, 3.8) is 0 Å². The number of para-hydroxylation sites is 1. The molecule has 2 aromatic carbocycles. The first kappa shape index (κ1) is 23.1. The third-order valence-corrected chi connectivity index (χ3v) is 5.49. The van der Waals surface area contributed by atoms with E-state index in [0.717, 1.165) is 16.9 Å². The molecule has 3 aromatic rings. The predicted octanol–water partition coefficient (Wildman–Crippen LogP) is 4.66. The fraction of sp³-hybridized carbons (Fsp3) is 0.208. The van der Waals surface area contributed by atoms with E-state index in [0.29, 0.717) is 23.8 Å². The van der Waals surface area contributed by atoms with Crippen molar-refractivity contribution in [1.29, 1.82) is 0 Å². The van der Waals surface area contributed by atoms with Gasteiger partial charge in [-0.3, -0.25) is 14.5 Å². The Morgan fingerprint density at radius 2 is 2.03 bits per heavy atom. The highest BCUT2D eigenvalue weighted by Crippen LogP contribution is 2.31. The number of amides is 2. The molecule has 1 aromatic heterocycles. The summed E-state index contributed by atoms with van der Waals surface area (Å²) in [6, 6.07) is 11.9. The Balaban J connectivity index is 1.61. The zero-order valence-corrected chi connectivity index (χ0v) is 18.9. The van der Waals surface area contributed by atoms with Crippen molar-refractivity contribution in [3.05, 3.63) is 76.6 Å². The molecule has 0 saturated carbocycles. The van der Waals surface area contributed by atoms with Gasteiger partial charge in [-0.2, -0.15) is 0 Å². The van der Waals surface area contributed by atoms with Crippen LogP contribution >= 0.6 is 11.3 Å². The van der Waals surface area contributed by atoms with E-state index in [1.54, 1.807) is 30.7 Å². The largest absolute Gasteiger partial charge is 0.496 e. The first-order valence-corrected chi connectivity index (χ1v) is 10.9. The molecule has 2 amide bonds. The molecule has 0 bridgehead atoms. The minimum absolute atomic E-state index is 0.134. The Morgan fingerprint density at radius 1 is 1.25 bits per heavy atom. The van der Waals surface area contributed by atoms with E-state index >= 15 is 0 Å². The van der Waals surface area contributed by atoms with E-state index in [-0.39, 0.29) is 17.5 Å². The molecule has 0 spiro atoms. The Labute approximate surface area is 190 Å². The van der Waals surface area contributed by atoms with Gasteiger partial charge < -0.3 is 10.1 Å². The predicted molar refractivity (Wildman–Crippen MR) is 125 cm³/mol. The maximum atomic E-state index is 14.2. The summed E-state index contributed by atoms with van der Waals surface area (Å²) in [7, 11) is 1.62. The van der Waals surface area contributed by atoms with Gasteiger partial charge >= 0.3 is 0 Å². The molecule has 166 valence electrons. The second-order valence-corrected chi connectivity index (χ2v) is 7.89. The molecule has 0 aliphatic rings. The van der Waals surface area contributed by atoms with Crippen molar-refractivity contribution >= 4 is 40.0 Å². The zero-order valence-electron chi connectivity index (χ0n) is 18.1. The smallest absolute Gasteiger partial charge is 0.244 e. The van der Waals surface area contributed by atoms with Crippen LogP contribution in [0.15, 0.2) is 53.9 Å². The van der Waals surface area contributed by atoms with Crippen molar-refractivity contribution < 1.29 is 18.7 Å². The number of aromatic nitrogens is 1. The topological polar surface area (TPSA) is 71.5 Å². The lowest BCUT2D eigenvalue weighted by Crippen LogP contribution is -2.24. The lowest BCUT2D eigenvalue weighted by Gasteiger charge is -2.18. The van der Waals surface area contributed by atoms with Crippen molar-refractivity contribution in [2.45, 2.75) is 20.3 Å². The van der Waals surface area contributed by atoms with Gasteiger partial charge in [0.25, 0.3) is 0 Å². The number of ether oxygens (including phenoxy) is 1. The van der Waals surface area contributed by atoms with Crippen LogP contribution in [-0.4, -0.2) is 30.5 Å². The number of nitrogens with zero attached hydrogens (tertiary/aromatic N) is 2. The van der Waals surface area contributed by atoms with Crippen LogP contribution in [0.4, 0.5) is 15.2 Å². The molecule has 0 saturated heterocycles. The van der Waals surface area contributed by atoms with Gasteiger partial charge in [-0.05, 0) is 43.2 Å². The van der Waals surface area contributed by atoms with Crippen LogP contribution < -0.4 is 15.0 Å². The highest BCUT2D eigenvalue weighted by Gasteiger charge is 2.20. The van der Waals surface area contributed by atoms with Gasteiger partial charge in [-0.25, -0.2) is 9.37 Å². The molecule has 8 heteroatoms. The maximum absolute atomic E-state index is 14.2. The number of anilines is 2. The first-order chi connectivity index (χ1) is 15.4. The van der Waals surface area contributed by atoms with Crippen LogP contribution in [0.1, 0.15) is 23.7 Å². The fourth-order valence-electron chi connectivity index (χ4n) is 3.14. The normalized spacial score (nSPS) is 10.9. The summed E-state index contributed by atoms with van der Waals surface area (Å²) >= 11 is 1.19.